The number of nitrogens with one attached hydrogen (secondary N) is 1. The third kappa shape index (κ3) is 3.77. The molecule has 30 heavy (non-hydrogen) atoms. The van der Waals surface area contributed by atoms with Gasteiger partial charge >= 0.3 is 6.03 Å². The predicted octanol–water partition coefficient (Wildman–Crippen LogP) is 1.93. The van der Waals surface area contributed by atoms with E-state index >= 15 is 0 Å². The number of likely N-dealkylation sites (tertiary alicyclic amines) is 3. The van der Waals surface area contributed by atoms with Gasteiger partial charge in [0, 0.05) is 57.6 Å². The molecule has 0 unspecified atom stereocenters. The van der Waals surface area contributed by atoms with Gasteiger partial charge in [-0.1, -0.05) is 44.2 Å². The second kappa shape index (κ2) is 8.28. The molecule has 0 bridgehead atoms. The molecular formula is C23H32N4O3. The lowest BCUT2D eigenvalue weighted by atomic mass is 9.79. The van der Waals surface area contributed by atoms with E-state index in [1.807, 2.05) is 54.0 Å². The summed E-state index contributed by atoms with van der Waals surface area (Å²) in [6.07, 6.45) is 2.06. The Bertz CT molecular complexity index is 806. The molecule has 4 amide bonds. The van der Waals surface area contributed by atoms with Crippen molar-refractivity contribution in [2.75, 3.05) is 39.3 Å². The van der Waals surface area contributed by atoms with E-state index in [4.69, 9.17) is 0 Å². The molecule has 1 aromatic rings. The number of benzene rings is 1. The Balaban J connectivity index is 1.48. The van der Waals surface area contributed by atoms with E-state index in [0.717, 1.165) is 31.5 Å². The van der Waals surface area contributed by atoms with Crippen LogP contribution in [0.15, 0.2) is 30.3 Å². The fourth-order valence-corrected chi connectivity index (χ4v) is 5.18. The van der Waals surface area contributed by atoms with E-state index in [9.17, 15) is 14.4 Å². The molecule has 3 aliphatic heterocycles. The minimum absolute atomic E-state index is 0.00391. The third-order valence-corrected chi connectivity index (χ3v) is 6.81. The maximum atomic E-state index is 13.6. The molecule has 162 valence electrons. The highest BCUT2D eigenvalue weighted by atomic mass is 16.2. The van der Waals surface area contributed by atoms with Crippen molar-refractivity contribution >= 4 is 17.8 Å². The minimum atomic E-state index is -0.668. The van der Waals surface area contributed by atoms with Crippen LogP contribution in [-0.2, 0) is 16.1 Å². The minimum Gasteiger partial charge on any atom is -0.342 e. The van der Waals surface area contributed by atoms with Crippen LogP contribution >= 0.6 is 0 Å². The van der Waals surface area contributed by atoms with Gasteiger partial charge in [-0.25, -0.2) is 4.79 Å². The number of fused-ring (bicyclic) bond motifs is 1. The van der Waals surface area contributed by atoms with Crippen LogP contribution in [0.5, 0.6) is 0 Å². The average molecular weight is 413 g/mol. The van der Waals surface area contributed by atoms with E-state index in [2.05, 4.69) is 5.32 Å². The highest BCUT2D eigenvalue weighted by molar-refractivity contribution is 5.88. The molecule has 3 aliphatic rings. The number of carbonyl (C=O) groups is 3. The summed E-state index contributed by atoms with van der Waals surface area (Å²) >= 11 is 0. The van der Waals surface area contributed by atoms with Crippen LogP contribution in [0.4, 0.5) is 4.79 Å². The number of amides is 4. The summed E-state index contributed by atoms with van der Waals surface area (Å²) in [5, 5.41) is 2.99. The van der Waals surface area contributed by atoms with Crippen molar-refractivity contribution < 1.29 is 14.4 Å². The summed E-state index contributed by atoms with van der Waals surface area (Å²) in [4.78, 5) is 44.7. The van der Waals surface area contributed by atoms with Gasteiger partial charge in [0.05, 0.1) is 5.41 Å². The Hall–Kier alpha value is -2.57. The molecule has 7 heteroatoms. The molecule has 3 fully saturated rings. The number of hydrogen-bond donors (Lipinski definition) is 1. The van der Waals surface area contributed by atoms with E-state index in [1.54, 1.807) is 4.90 Å². The highest BCUT2D eigenvalue weighted by Gasteiger charge is 2.60. The van der Waals surface area contributed by atoms with Gasteiger partial charge in [-0.05, 0) is 18.4 Å². The van der Waals surface area contributed by atoms with Crippen LogP contribution in [0.2, 0.25) is 0 Å². The summed E-state index contributed by atoms with van der Waals surface area (Å²) in [7, 11) is 0. The monoisotopic (exact) mass is 412 g/mol. The van der Waals surface area contributed by atoms with Crippen LogP contribution in [0.3, 0.4) is 0 Å². The Morgan fingerprint density at radius 1 is 1.00 bits per heavy atom. The van der Waals surface area contributed by atoms with Crippen molar-refractivity contribution in [1.82, 2.24) is 20.0 Å². The van der Waals surface area contributed by atoms with Gasteiger partial charge in [0.25, 0.3) is 0 Å². The van der Waals surface area contributed by atoms with E-state index in [1.165, 1.54) is 0 Å². The zero-order chi connectivity index (χ0) is 21.3. The molecule has 4 rings (SSSR count). The molecule has 3 saturated heterocycles. The Morgan fingerprint density at radius 2 is 1.63 bits per heavy atom. The molecule has 0 radical (unpaired) electrons. The van der Waals surface area contributed by atoms with Crippen LogP contribution in [-0.4, -0.2) is 71.8 Å². The van der Waals surface area contributed by atoms with Gasteiger partial charge in [0.2, 0.25) is 11.8 Å². The highest BCUT2D eigenvalue weighted by Crippen LogP contribution is 2.45. The van der Waals surface area contributed by atoms with Gasteiger partial charge in [-0.2, -0.15) is 0 Å². The first-order valence-electron chi connectivity index (χ1n) is 11.1. The number of urea groups is 1. The molecule has 1 aromatic carbocycles. The predicted molar refractivity (Wildman–Crippen MR) is 113 cm³/mol. The van der Waals surface area contributed by atoms with Crippen molar-refractivity contribution in [1.29, 1.82) is 0 Å². The fourth-order valence-electron chi connectivity index (χ4n) is 5.18. The van der Waals surface area contributed by atoms with Crippen molar-refractivity contribution in [2.24, 2.45) is 17.3 Å². The quantitative estimate of drug-likeness (QED) is 0.821. The fraction of sp³-hybridized carbons (Fsp3) is 0.609. The van der Waals surface area contributed by atoms with Crippen molar-refractivity contribution in [3.63, 3.8) is 0 Å². The first-order valence-corrected chi connectivity index (χ1v) is 11.1. The number of rotatable bonds is 4. The normalized spacial score (nSPS) is 25.7. The lowest BCUT2D eigenvalue weighted by Crippen LogP contribution is -2.50. The average Bonchev–Trinajstić information content (AvgIpc) is 3.46. The lowest BCUT2D eigenvalue weighted by Gasteiger charge is -2.32. The molecule has 0 aromatic heterocycles. The molecule has 0 saturated carbocycles. The third-order valence-electron chi connectivity index (χ3n) is 6.81. The molecular weight excluding hydrogens is 380 g/mol. The SMILES string of the molecule is CC(C)C(=O)N1C[C@H]2CN(C(=O)NCc3ccccc3)C[C@@]2(C(=O)N2CCCC2)C1. The second-order valence-corrected chi connectivity index (χ2v) is 9.25. The van der Waals surface area contributed by atoms with Crippen molar-refractivity contribution in [3.05, 3.63) is 35.9 Å². The van der Waals surface area contributed by atoms with E-state index < -0.39 is 5.41 Å². The summed E-state index contributed by atoms with van der Waals surface area (Å²) in [6, 6.07) is 9.67. The Labute approximate surface area is 178 Å². The van der Waals surface area contributed by atoms with Crippen LogP contribution < -0.4 is 5.32 Å². The second-order valence-electron chi connectivity index (χ2n) is 9.25. The summed E-state index contributed by atoms with van der Waals surface area (Å²) in [5.74, 6) is 0.129. The lowest BCUT2D eigenvalue weighted by molar-refractivity contribution is -0.141. The first kappa shape index (κ1) is 20.7. The maximum Gasteiger partial charge on any atom is 0.317 e. The maximum absolute atomic E-state index is 13.6. The summed E-state index contributed by atoms with van der Waals surface area (Å²) in [6.45, 7) is 7.70. The van der Waals surface area contributed by atoms with E-state index in [-0.39, 0.29) is 29.7 Å². The van der Waals surface area contributed by atoms with Gasteiger partial charge in [-0.15, -0.1) is 0 Å². The number of hydrogen-bond acceptors (Lipinski definition) is 3. The molecule has 2 atom stereocenters. The number of carbonyl (C=O) groups excluding carboxylic acids is 3. The molecule has 3 heterocycles. The van der Waals surface area contributed by atoms with Crippen LogP contribution in [0.1, 0.15) is 32.3 Å². The smallest absolute Gasteiger partial charge is 0.317 e. The molecule has 1 N–H and O–H groups in total. The zero-order valence-electron chi connectivity index (χ0n) is 18.0. The van der Waals surface area contributed by atoms with Gasteiger partial charge < -0.3 is 20.0 Å². The topological polar surface area (TPSA) is 73.0 Å². The van der Waals surface area contributed by atoms with Crippen molar-refractivity contribution in [2.45, 2.75) is 33.2 Å². The van der Waals surface area contributed by atoms with Crippen LogP contribution in [0, 0.1) is 17.3 Å². The summed E-state index contributed by atoms with van der Waals surface area (Å²) < 4.78 is 0. The standard InChI is InChI=1S/C23H32N4O3/c1-17(2)20(28)26-13-19-14-27(22(30)24-12-18-8-4-3-5-9-18)16-23(19,15-26)21(29)25-10-6-7-11-25/h3-5,8-9,17,19H,6-7,10-16H2,1-2H3,(H,24,30)/t19-,23-/m0/s1. The first-order chi connectivity index (χ1) is 14.4. The molecule has 7 nitrogen and oxygen atoms in total. The summed E-state index contributed by atoms with van der Waals surface area (Å²) in [5.41, 5.74) is 0.376. The van der Waals surface area contributed by atoms with Gasteiger partial charge in [0.15, 0.2) is 0 Å². The van der Waals surface area contributed by atoms with Gasteiger partial charge in [-0.3, -0.25) is 9.59 Å². The number of nitrogens with zero attached hydrogens (tertiary/aromatic N) is 3. The van der Waals surface area contributed by atoms with Crippen LogP contribution in [0.25, 0.3) is 0 Å². The zero-order valence-corrected chi connectivity index (χ0v) is 18.0. The molecule has 0 aliphatic carbocycles. The Kier molecular flexibility index (Phi) is 5.71. The Morgan fingerprint density at radius 3 is 2.30 bits per heavy atom. The van der Waals surface area contributed by atoms with E-state index in [0.29, 0.717) is 32.7 Å². The van der Waals surface area contributed by atoms with Gasteiger partial charge in [0.1, 0.15) is 0 Å². The largest absolute Gasteiger partial charge is 0.342 e. The molecule has 0 spiro atoms. The van der Waals surface area contributed by atoms with Crippen molar-refractivity contribution in [3.8, 4) is 0 Å².